The monoisotopic (exact) mass is 1040 g/mol. The first-order chi connectivity index (χ1) is 36.1. The molecule has 0 spiro atoms. The summed E-state index contributed by atoms with van der Waals surface area (Å²) in [5.41, 5.74) is 0. The van der Waals surface area contributed by atoms with E-state index in [0.717, 1.165) is 116 Å². The highest BCUT2D eigenvalue weighted by Crippen LogP contribution is 2.26. The van der Waals surface area contributed by atoms with E-state index in [-0.39, 0.29) is 19.6 Å². The Kier molecular flexibility index (Phi) is 41.7. The molecule has 0 aromatic carbocycles. The molecular formula is C60H100O14. The minimum Gasteiger partial charge on any atom is -0.457 e. The Morgan fingerprint density at radius 3 is 1.38 bits per heavy atom. The number of hydrogen-bond donors (Lipinski definition) is 7. The zero-order chi connectivity index (χ0) is 53.7. The summed E-state index contributed by atoms with van der Waals surface area (Å²) >= 11 is 0. The molecule has 2 heterocycles. The van der Waals surface area contributed by atoms with E-state index in [1.54, 1.807) is 0 Å². The van der Waals surface area contributed by atoms with E-state index in [0.29, 0.717) is 13.0 Å². The van der Waals surface area contributed by atoms with Crippen LogP contribution in [0.25, 0.3) is 0 Å². The molecule has 7 N–H and O–H groups in total. The van der Waals surface area contributed by atoms with Crippen molar-refractivity contribution < 1.29 is 69.0 Å². The van der Waals surface area contributed by atoms with E-state index in [1.807, 2.05) is 0 Å². The summed E-state index contributed by atoms with van der Waals surface area (Å²) in [4.78, 5) is 13.0. The molecule has 0 aromatic heterocycles. The molecule has 2 aliphatic rings. The fourth-order valence-electron chi connectivity index (χ4n) is 8.25. The van der Waals surface area contributed by atoms with Gasteiger partial charge in [0, 0.05) is 13.0 Å². The van der Waals surface area contributed by atoms with Gasteiger partial charge in [0.25, 0.3) is 0 Å². The van der Waals surface area contributed by atoms with Gasteiger partial charge in [-0.25, -0.2) is 0 Å². The number of aliphatic hydroxyl groups excluding tert-OH is 7. The van der Waals surface area contributed by atoms with Gasteiger partial charge in [-0.05, 0) is 89.9 Å². The van der Waals surface area contributed by atoms with Crippen molar-refractivity contribution in [3.05, 3.63) is 97.2 Å². The lowest BCUT2D eigenvalue weighted by molar-refractivity contribution is -0.332. The Hall–Kier alpha value is -3.09. The Morgan fingerprint density at radius 2 is 0.878 bits per heavy atom. The van der Waals surface area contributed by atoms with Crippen LogP contribution in [-0.2, 0) is 33.2 Å². The second kappa shape index (κ2) is 46.0. The van der Waals surface area contributed by atoms with Crippen molar-refractivity contribution in [2.45, 2.75) is 242 Å². The molecule has 14 nitrogen and oxygen atoms in total. The van der Waals surface area contributed by atoms with Crippen LogP contribution in [0.2, 0.25) is 0 Å². The molecule has 2 fully saturated rings. The summed E-state index contributed by atoms with van der Waals surface area (Å²) in [5.74, 6) is -0.399. The Balaban J connectivity index is 1.72. The number of carbonyl (C=O) groups is 1. The van der Waals surface area contributed by atoms with Gasteiger partial charge >= 0.3 is 5.97 Å². The normalized spacial score (nSPS) is 25.5. The third-order valence-electron chi connectivity index (χ3n) is 12.8. The molecule has 2 aliphatic heterocycles. The van der Waals surface area contributed by atoms with E-state index in [4.69, 9.17) is 28.4 Å². The second-order valence-electron chi connectivity index (χ2n) is 19.4. The van der Waals surface area contributed by atoms with Crippen LogP contribution in [0, 0.1) is 0 Å². The van der Waals surface area contributed by atoms with Crippen LogP contribution in [0.5, 0.6) is 0 Å². The number of allylic oxidation sites excluding steroid dienone is 16. The van der Waals surface area contributed by atoms with Gasteiger partial charge in [-0.3, -0.25) is 4.79 Å². The number of rotatable bonds is 44. The number of esters is 1. The van der Waals surface area contributed by atoms with Gasteiger partial charge in [0.1, 0.15) is 54.9 Å². The number of carbonyl (C=O) groups excluding carboxylic acids is 1. The van der Waals surface area contributed by atoms with E-state index in [9.17, 15) is 40.5 Å². The molecule has 2 saturated heterocycles. The first kappa shape index (κ1) is 67.0. The van der Waals surface area contributed by atoms with Crippen LogP contribution in [-0.4, -0.2) is 142 Å². The highest BCUT2D eigenvalue weighted by atomic mass is 16.7. The lowest BCUT2D eigenvalue weighted by Crippen LogP contribution is -2.61. The summed E-state index contributed by atoms with van der Waals surface area (Å²) in [6, 6.07) is 0. The average molecular weight is 1050 g/mol. The van der Waals surface area contributed by atoms with Gasteiger partial charge < -0.3 is 64.2 Å². The van der Waals surface area contributed by atoms with Crippen molar-refractivity contribution >= 4 is 5.97 Å². The number of hydrogen-bond acceptors (Lipinski definition) is 14. The maximum absolute atomic E-state index is 13.0. The zero-order valence-corrected chi connectivity index (χ0v) is 45.3. The van der Waals surface area contributed by atoms with Crippen molar-refractivity contribution in [2.75, 3.05) is 33.0 Å². The van der Waals surface area contributed by atoms with E-state index in [2.05, 4.69) is 111 Å². The maximum Gasteiger partial charge on any atom is 0.306 e. The largest absolute Gasteiger partial charge is 0.457 e. The molecule has 0 amide bonds. The first-order valence-electron chi connectivity index (χ1n) is 28.3. The molecule has 0 saturated carbocycles. The maximum atomic E-state index is 13.0. The van der Waals surface area contributed by atoms with Gasteiger partial charge in [-0.15, -0.1) is 0 Å². The van der Waals surface area contributed by atoms with E-state index in [1.165, 1.54) is 32.1 Å². The lowest BCUT2D eigenvalue weighted by Gasteiger charge is -2.42. The standard InChI is InChI=1S/C60H100O14/c1-3-5-7-9-11-13-15-17-19-20-21-22-23-24-25-26-27-28-29-30-32-34-36-38-40-42-44-69-46-49(72-52(62)43-41-39-37-35-33-31-18-16-14-12-10-8-6-4-2)47-70-59-58(68)56(66)54(64)51(74-59)48-71-60-57(67)55(65)53(63)50(45-61)73-60/h5,7,10-13,16-19,21-22,24-25,27-28,49-51,53-61,63-68H,3-4,6,8-9,14-15,20,23,26,29-48H2,1-2H3/b7-5-,12-10-,13-11-,18-16-,19-17-,22-21-,25-24-,28-27-. The summed E-state index contributed by atoms with van der Waals surface area (Å²) in [6.45, 7) is 3.46. The predicted molar refractivity (Wildman–Crippen MR) is 293 cm³/mol. The molecule has 0 bridgehead atoms. The third-order valence-corrected chi connectivity index (χ3v) is 12.8. The predicted octanol–water partition coefficient (Wildman–Crippen LogP) is 9.80. The van der Waals surface area contributed by atoms with Gasteiger partial charge in [0.15, 0.2) is 12.6 Å². The quantitative estimate of drug-likeness (QED) is 0.0172. The van der Waals surface area contributed by atoms with E-state index < -0.39 is 86.7 Å². The Labute approximate surface area is 445 Å². The molecule has 424 valence electrons. The average Bonchev–Trinajstić information content (AvgIpc) is 3.40. The molecule has 11 unspecified atom stereocenters. The molecular weight excluding hydrogens is 945 g/mol. The third kappa shape index (κ3) is 32.5. The second-order valence-corrected chi connectivity index (χ2v) is 19.4. The first-order valence-corrected chi connectivity index (χ1v) is 28.3. The van der Waals surface area contributed by atoms with Crippen molar-refractivity contribution in [3.8, 4) is 0 Å². The minimum atomic E-state index is -1.72. The fraction of sp³-hybridized carbons (Fsp3) is 0.717. The van der Waals surface area contributed by atoms with Gasteiger partial charge in [0.2, 0.25) is 0 Å². The molecule has 14 heteroatoms. The molecule has 0 radical (unpaired) electrons. The highest BCUT2D eigenvalue weighted by molar-refractivity contribution is 5.69. The molecule has 0 aliphatic carbocycles. The number of unbranched alkanes of at least 4 members (excludes halogenated alkanes) is 14. The molecule has 74 heavy (non-hydrogen) atoms. The summed E-state index contributed by atoms with van der Waals surface area (Å²) < 4.78 is 34.3. The van der Waals surface area contributed by atoms with E-state index >= 15 is 0 Å². The summed E-state index contributed by atoms with van der Waals surface area (Å²) in [6.07, 6.45) is 44.7. The summed E-state index contributed by atoms with van der Waals surface area (Å²) in [7, 11) is 0. The van der Waals surface area contributed by atoms with Gasteiger partial charge in [0.05, 0.1) is 26.4 Å². The van der Waals surface area contributed by atoms with Gasteiger partial charge in [-0.2, -0.15) is 0 Å². The molecule has 11 atom stereocenters. The highest BCUT2D eigenvalue weighted by Gasteiger charge is 2.47. The van der Waals surface area contributed by atoms with Crippen LogP contribution < -0.4 is 0 Å². The number of ether oxygens (including phenoxy) is 6. The van der Waals surface area contributed by atoms with Crippen LogP contribution in [0.3, 0.4) is 0 Å². The molecule has 0 aromatic rings. The van der Waals surface area contributed by atoms with Crippen LogP contribution >= 0.6 is 0 Å². The Morgan fingerprint density at radius 1 is 0.459 bits per heavy atom. The summed E-state index contributed by atoms with van der Waals surface area (Å²) in [5, 5.41) is 72.3. The fourth-order valence-corrected chi connectivity index (χ4v) is 8.25. The van der Waals surface area contributed by atoms with Crippen LogP contribution in [0.1, 0.15) is 174 Å². The van der Waals surface area contributed by atoms with Crippen molar-refractivity contribution in [3.63, 3.8) is 0 Å². The zero-order valence-electron chi connectivity index (χ0n) is 45.3. The van der Waals surface area contributed by atoms with Crippen molar-refractivity contribution in [2.24, 2.45) is 0 Å². The smallest absolute Gasteiger partial charge is 0.306 e. The number of aliphatic hydroxyl groups is 7. The molecule has 2 rings (SSSR count). The van der Waals surface area contributed by atoms with Crippen molar-refractivity contribution in [1.29, 1.82) is 0 Å². The van der Waals surface area contributed by atoms with Crippen LogP contribution in [0.4, 0.5) is 0 Å². The Bertz CT molecular complexity index is 1590. The van der Waals surface area contributed by atoms with Crippen LogP contribution in [0.15, 0.2) is 97.2 Å². The SMILES string of the molecule is CC/C=C\C/C=C\C/C=C\C/C=C\C/C=C\C/C=C\CCCCCCCCCOCC(COC1OC(COC2OC(CO)C(O)C(O)C2O)C(O)C(O)C1O)OC(=O)CCCCCCC/C=C\C/C=C\CCCC. The topological polar surface area (TPSA) is 214 Å². The van der Waals surface area contributed by atoms with Gasteiger partial charge in [-0.1, -0.05) is 175 Å². The minimum absolute atomic E-state index is 0.0417. The lowest BCUT2D eigenvalue weighted by atomic mass is 9.98. The van der Waals surface area contributed by atoms with Crippen molar-refractivity contribution in [1.82, 2.24) is 0 Å².